The number of halogens is 5. The molecule has 0 saturated heterocycles. The first kappa shape index (κ1) is 38.0. The van der Waals surface area contributed by atoms with Crippen molar-refractivity contribution < 1.29 is 45.1 Å². The summed E-state index contributed by atoms with van der Waals surface area (Å²) in [6, 6.07) is 14.3. The van der Waals surface area contributed by atoms with Crippen LogP contribution in [-0.4, -0.2) is 18.6 Å². The van der Waals surface area contributed by atoms with E-state index in [1.807, 2.05) is 0 Å². The number of benzene rings is 3. The minimum Gasteiger partial charge on any atom is -0.465 e. The number of hydrogen-bond donors (Lipinski definition) is 1. The van der Waals surface area contributed by atoms with E-state index in [4.69, 9.17) is 13.8 Å². The van der Waals surface area contributed by atoms with Gasteiger partial charge in [-0.25, -0.2) is 17.7 Å². The van der Waals surface area contributed by atoms with Crippen LogP contribution in [-0.2, 0) is 20.5 Å². The van der Waals surface area contributed by atoms with Gasteiger partial charge in [-0.1, -0.05) is 126 Å². The van der Waals surface area contributed by atoms with Crippen LogP contribution in [0.25, 0.3) is 0 Å². The molecule has 0 aliphatic carbocycles. The van der Waals surface area contributed by atoms with Crippen molar-refractivity contribution in [2.75, 3.05) is 6.61 Å². The molecule has 258 valence electrons. The largest absolute Gasteiger partial charge is 0.513 e. The zero-order valence-electron chi connectivity index (χ0n) is 26.6. The van der Waals surface area contributed by atoms with Crippen LogP contribution in [0.3, 0.4) is 0 Å². The number of hydrogen-bond acceptors (Lipinski definition) is 5. The molecule has 3 aromatic rings. The first-order valence-corrected chi connectivity index (χ1v) is 17.7. The Kier molecular flexibility index (Phi) is 16.2. The van der Waals surface area contributed by atoms with Gasteiger partial charge in [-0.3, -0.25) is 4.79 Å². The molecule has 2 atom stereocenters. The van der Waals surface area contributed by atoms with Crippen LogP contribution in [0.2, 0.25) is 0 Å². The summed E-state index contributed by atoms with van der Waals surface area (Å²) in [5, 5.41) is 2.34. The van der Waals surface area contributed by atoms with Crippen LogP contribution in [0.1, 0.15) is 89.5 Å². The lowest BCUT2D eigenvalue weighted by molar-refractivity contribution is -0.145. The minimum atomic E-state index is -5.08. The highest BCUT2D eigenvalue weighted by atomic mass is 31.2. The highest BCUT2D eigenvalue weighted by molar-refractivity contribution is 7.52. The molecule has 0 spiro atoms. The Morgan fingerprint density at radius 3 is 1.66 bits per heavy atom. The number of esters is 1. The zero-order valence-corrected chi connectivity index (χ0v) is 27.5. The summed E-state index contributed by atoms with van der Waals surface area (Å²) in [5.41, 5.74) is 0.592. The van der Waals surface area contributed by atoms with Crippen molar-refractivity contribution in [1.29, 1.82) is 0 Å². The lowest BCUT2D eigenvalue weighted by Crippen LogP contribution is -2.40. The molecule has 0 aliphatic rings. The predicted molar refractivity (Wildman–Crippen MR) is 171 cm³/mol. The zero-order chi connectivity index (χ0) is 34.1. The number of ether oxygens (including phenoxy) is 1. The van der Waals surface area contributed by atoms with Gasteiger partial charge in [0.05, 0.1) is 6.61 Å². The second kappa shape index (κ2) is 20.1. The van der Waals surface area contributed by atoms with Crippen LogP contribution in [0.15, 0.2) is 60.7 Å². The van der Waals surface area contributed by atoms with Gasteiger partial charge in [-0.2, -0.15) is 13.9 Å². The summed E-state index contributed by atoms with van der Waals surface area (Å²) in [7, 11) is -5.08. The average Bonchev–Trinajstić information content (AvgIpc) is 3.07. The van der Waals surface area contributed by atoms with Gasteiger partial charge in [0.25, 0.3) is 0 Å². The Hall–Kier alpha value is -3.43. The van der Waals surface area contributed by atoms with Crippen LogP contribution in [0.5, 0.6) is 11.5 Å². The Morgan fingerprint density at radius 1 is 0.660 bits per heavy atom. The van der Waals surface area contributed by atoms with Crippen molar-refractivity contribution in [1.82, 2.24) is 5.09 Å². The van der Waals surface area contributed by atoms with Gasteiger partial charge in [0.15, 0.2) is 0 Å². The lowest BCUT2D eigenvalue weighted by atomic mass is 10.1. The van der Waals surface area contributed by atoms with E-state index in [0.29, 0.717) is 12.0 Å². The maximum absolute atomic E-state index is 14.6. The van der Waals surface area contributed by atoms with Crippen LogP contribution in [0, 0.1) is 29.1 Å². The molecule has 0 saturated carbocycles. The SMILES string of the molecule is CCCCCCCCCCCCCCOC(=O)[C@H](Cc1ccccc1)N[P@](=O)(Oc1ccccc1)Oc1c(F)c(F)c(F)c(F)c1F. The third-order valence-corrected chi connectivity index (χ3v) is 8.98. The number of para-hydroxylation sites is 1. The third-order valence-electron chi connectivity index (χ3n) is 7.47. The summed E-state index contributed by atoms with van der Waals surface area (Å²) in [6.07, 6.45) is 13.3. The summed E-state index contributed by atoms with van der Waals surface area (Å²) in [4.78, 5) is 13.3. The maximum Gasteiger partial charge on any atom is 0.513 e. The molecule has 6 nitrogen and oxygen atoms in total. The van der Waals surface area contributed by atoms with E-state index >= 15 is 0 Å². The van der Waals surface area contributed by atoms with Gasteiger partial charge in [0, 0.05) is 0 Å². The summed E-state index contributed by atoms with van der Waals surface area (Å²) in [6.45, 7) is 2.26. The van der Waals surface area contributed by atoms with Crippen LogP contribution < -0.4 is 14.1 Å². The number of carbonyl (C=O) groups excluding carboxylic acids is 1. The van der Waals surface area contributed by atoms with Crippen molar-refractivity contribution in [3.8, 4) is 11.5 Å². The molecular weight excluding hydrogens is 640 g/mol. The molecule has 0 fully saturated rings. The van der Waals surface area contributed by atoms with Gasteiger partial charge in [0.2, 0.25) is 34.8 Å². The molecule has 47 heavy (non-hydrogen) atoms. The van der Waals surface area contributed by atoms with Crippen molar-refractivity contribution in [2.24, 2.45) is 0 Å². The number of carbonyl (C=O) groups is 1. The molecule has 0 aromatic heterocycles. The van der Waals surface area contributed by atoms with Gasteiger partial charge >= 0.3 is 13.7 Å². The van der Waals surface area contributed by atoms with E-state index in [1.54, 1.807) is 36.4 Å². The highest BCUT2D eigenvalue weighted by Gasteiger charge is 2.39. The van der Waals surface area contributed by atoms with E-state index in [-0.39, 0.29) is 18.8 Å². The van der Waals surface area contributed by atoms with Gasteiger partial charge < -0.3 is 13.8 Å². The maximum atomic E-state index is 14.6. The van der Waals surface area contributed by atoms with E-state index < -0.39 is 54.6 Å². The molecule has 0 unspecified atom stereocenters. The summed E-state index contributed by atoms with van der Waals surface area (Å²) < 4.78 is 101. The first-order valence-electron chi connectivity index (χ1n) is 16.2. The van der Waals surface area contributed by atoms with Crippen molar-refractivity contribution >= 4 is 13.7 Å². The van der Waals surface area contributed by atoms with Crippen LogP contribution in [0.4, 0.5) is 22.0 Å². The average molecular weight is 684 g/mol. The molecule has 0 aliphatic heterocycles. The quantitative estimate of drug-likeness (QED) is 0.0284. The second-order valence-electron chi connectivity index (χ2n) is 11.3. The van der Waals surface area contributed by atoms with Crippen molar-refractivity contribution in [3.05, 3.63) is 95.3 Å². The normalized spacial score (nSPS) is 13.1. The molecule has 12 heteroatoms. The first-order chi connectivity index (χ1) is 22.6. The van der Waals surface area contributed by atoms with Crippen LogP contribution >= 0.6 is 7.75 Å². The second-order valence-corrected chi connectivity index (χ2v) is 12.9. The Bertz CT molecular complexity index is 1400. The molecular formula is C35H43F5NO5P. The molecule has 0 radical (unpaired) electrons. The van der Waals surface area contributed by atoms with Crippen molar-refractivity contribution in [2.45, 2.75) is 96.4 Å². The van der Waals surface area contributed by atoms with Crippen molar-refractivity contribution in [3.63, 3.8) is 0 Å². The Balaban J connectivity index is 1.68. The van der Waals surface area contributed by atoms with E-state index in [0.717, 1.165) is 25.7 Å². The smallest absolute Gasteiger partial charge is 0.465 e. The molecule has 0 heterocycles. The minimum absolute atomic E-state index is 0.0611. The highest BCUT2D eigenvalue weighted by Crippen LogP contribution is 2.48. The summed E-state index contributed by atoms with van der Waals surface area (Å²) >= 11 is 0. The number of unbranched alkanes of at least 4 members (excludes halogenated alkanes) is 11. The van der Waals surface area contributed by atoms with E-state index in [9.17, 15) is 31.3 Å². The Labute approximate surface area is 273 Å². The van der Waals surface area contributed by atoms with E-state index in [2.05, 4.69) is 12.0 Å². The number of rotatable bonds is 22. The molecule has 3 rings (SSSR count). The fourth-order valence-electron chi connectivity index (χ4n) is 4.92. The fourth-order valence-corrected chi connectivity index (χ4v) is 6.44. The third kappa shape index (κ3) is 12.6. The fraction of sp³-hybridized carbons (Fsp3) is 0.457. The van der Waals surface area contributed by atoms with Gasteiger partial charge in [-0.15, -0.1) is 0 Å². The van der Waals surface area contributed by atoms with E-state index in [1.165, 1.54) is 69.2 Å². The monoisotopic (exact) mass is 683 g/mol. The number of nitrogens with one attached hydrogen (secondary N) is 1. The van der Waals surface area contributed by atoms with Gasteiger partial charge in [0.1, 0.15) is 11.8 Å². The summed E-state index contributed by atoms with van der Waals surface area (Å²) in [5.74, 6) is -14.5. The molecule has 0 amide bonds. The standard InChI is InChI=1S/C35H43F5NO5P/c1-2-3-4-5-6-7-8-9-10-11-12-19-24-44-35(42)28(25-26-20-15-13-16-21-26)41-47(43,45-27-22-17-14-18-23-27)46-34-32(39)30(37)29(36)31(38)33(34)40/h13-18,20-23,28H,2-12,19,24-25H2,1H3,(H,41,43)/t28-,47-/m0/s1. The molecule has 1 N–H and O–H groups in total. The molecule has 0 bridgehead atoms. The molecule has 3 aromatic carbocycles. The Morgan fingerprint density at radius 2 is 1.13 bits per heavy atom. The lowest BCUT2D eigenvalue weighted by Gasteiger charge is -2.25. The topological polar surface area (TPSA) is 73.9 Å². The predicted octanol–water partition coefficient (Wildman–Crippen LogP) is 10.4. The van der Waals surface area contributed by atoms with Gasteiger partial charge in [-0.05, 0) is 30.5 Å².